The quantitative estimate of drug-likeness (QED) is 0.106. The van der Waals surface area contributed by atoms with Crippen LogP contribution in [0.3, 0.4) is 0 Å². The number of rotatable bonds is 6. The van der Waals surface area contributed by atoms with E-state index in [1.54, 1.807) is 0 Å². The van der Waals surface area contributed by atoms with E-state index in [0.717, 1.165) is 47.8 Å². The highest BCUT2D eigenvalue weighted by atomic mass is 127. The lowest BCUT2D eigenvalue weighted by molar-refractivity contribution is -0.115. The predicted molar refractivity (Wildman–Crippen MR) is 139 cm³/mol. The van der Waals surface area contributed by atoms with Crippen LogP contribution in [-0.2, 0) is 0 Å². The Labute approximate surface area is 205 Å². The molecule has 0 N–H and O–H groups in total. The van der Waals surface area contributed by atoms with Gasteiger partial charge in [0.25, 0.3) is 0 Å². The summed E-state index contributed by atoms with van der Waals surface area (Å²) in [5, 5.41) is 4.27. The van der Waals surface area contributed by atoms with Gasteiger partial charge in [-0.1, -0.05) is 81.6 Å². The maximum atomic E-state index is 9.13. The summed E-state index contributed by atoms with van der Waals surface area (Å²) in [6, 6.07) is 0.205. The van der Waals surface area contributed by atoms with E-state index in [1.165, 1.54) is 64.2 Å². The Morgan fingerprint density at radius 3 is 2.45 bits per heavy atom. The molecule has 3 nitrogen and oxygen atoms in total. The first-order valence-electron chi connectivity index (χ1n) is 13.4. The second-order valence-electron chi connectivity index (χ2n) is 12.9. The molecule has 0 unspecified atom stereocenters. The first-order valence-corrected chi connectivity index (χ1v) is 14.6. The molecule has 10 atom stereocenters. The summed E-state index contributed by atoms with van der Waals surface area (Å²) in [4.78, 5) is 3.23. The Bertz CT molecular complexity index is 688. The van der Waals surface area contributed by atoms with E-state index in [-0.39, 0.29) is 6.04 Å². The molecule has 31 heavy (non-hydrogen) atoms. The third-order valence-corrected chi connectivity index (χ3v) is 12.4. The van der Waals surface area contributed by atoms with Gasteiger partial charge in [0, 0.05) is 14.9 Å². The van der Waals surface area contributed by atoms with Gasteiger partial charge in [0.05, 0.1) is 0 Å². The van der Waals surface area contributed by atoms with Gasteiger partial charge in [-0.2, -0.15) is 0 Å². The smallest absolute Gasteiger partial charge is 0.0497 e. The van der Waals surface area contributed by atoms with E-state index in [0.29, 0.717) is 14.8 Å². The normalized spacial score (nSPS) is 47.8. The summed E-state index contributed by atoms with van der Waals surface area (Å²) in [5.74, 6) is 6.24. The molecular weight excluding hydrogens is 493 g/mol. The molecule has 0 aromatic rings. The SMILES string of the molecule is CC(C)CCC[C@@H](C)[C@H]1CC[C@H]2[C@@H]3CC[C@H]4C[C@H](I)[C@@H](N=[N+]=[N-])C[C@]4(C)[C@H]3CC[C@]12C. The third kappa shape index (κ3) is 4.31. The lowest BCUT2D eigenvalue weighted by Crippen LogP contribution is -2.55. The zero-order valence-corrected chi connectivity index (χ0v) is 22.9. The minimum Gasteiger partial charge on any atom is -0.0895 e. The number of hydrogen-bond donors (Lipinski definition) is 0. The highest BCUT2D eigenvalue weighted by Crippen LogP contribution is 2.68. The average molecular weight is 540 g/mol. The molecule has 0 radical (unpaired) electrons. The fraction of sp³-hybridized carbons (Fsp3) is 1.00. The Morgan fingerprint density at radius 1 is 1.00 bits per heavy atom. The highest BCUT2D eigenvalue weighted by molar-refractivity contribution is 14.1. The van der Waals surface area contributed by atoms with Crippen LogP contribution in [0, 0.1) is 52.3 Å². The fourth-order valence-corrected chi connectivity index (χ4v) is 10.5. The van der Waals surface area contributed by atoms with Crippen molar-refractivity contribution in [1.82, 2.24) is 0 Å². The number of azide groups is 1. The molecule has 4 aliphatic rings. The summed E-state index contributed by atoms with van der Waals surface area (Å²) >= 11 is 2.57. The van der Waals surface area contributed by atoms with Gasteiger partial charge >= 0.3 is 0 Å². The molecular formula is C27H46IN3. The lowest BCUT2D eigenvalue weighted by atomic mass is 9.44. The minimum absolute atomic E-state index is 0.205. The van der Waals surface area contributed by atoms with E-state index >= 15 is 0 Å². The molecule has 0 spiro atoms. The van der Waals surface area contributed by atoms with Gasteiger partial charge in [-0.3, -0.25) is 0 Å². The van der Waals surface area contributed by atoms with Gasteiger partial charge in [-0.15, -0.1) is 0 Å². The second kappa shape index (κ2) is 9.35. The number of fused-ring (bicyclic) bond motifs is 5. The van der Waals surface area contributed by atoms with Crippen LogP contribution in [0.2, 0.25) is 0 Å². The number of alkyl halides is 1. The second-order valence-corrected chi connectivity index (χ2v) is 14.5. The molecule has 4 saturated carbocycles. The summed E-state index contributed by atoms with van der Waals surface area (Å²) in [7, 11) is 0. The van der Waals surface area contributed by atoms with Crippen LogP contribution in [0.15, 0.2) is 5.11 Å². The van der Waals surface area contributed by atoms with Crippen LogP contribution >= 0.6 is 22.6 Å². The largest absolute Gasteiger partial charge is 0.0895 e. The highest BCUT2D eigenvalue weighted by Gasteiger charge is 2.61. The topological polar surface area (TPSA) is 48.8 Å². The molecule has 0 aromatic carbocycles. The molecule has 4 heteroatoms. The Morgan fingerprint density at radius 2 is 1.74 bits per heavy atom. The molecule has 0 bridgehead atoms. The lowest BCUT2D eigenvalue weighted by Gasteiger charge is -2.62. The molecule has 4 rings (SSSR count). The summed E-state index contributed by atoms with van der Waals surface area (Å²) in [6.45, 7) is 12.6. The van der Waals surface area contributed by atoms with Crippen LogP contribution in [0.1, 0.15) is 105 Å². The molecule has 0 heterocycles. The first kappa shape index (κ1) is 24.2. The van der Waals surface area contributed by atoms with Crippen molar-refractivity contribution in [2.24, 2.45) is 57.4 Å². The molecule has 0 aromatic heterocycles. The van der Waals surface area contributed by atoms with Gasteiger partial charge in [-0.05, 0) is 109 Å². The van der Waals surface area contributed by atoms with Crippen LogP contribution in [-0.4, -0.2) is 9.97 Å². The van der Waals surface area contributed by atoms with Crippen molar-refractivity contribution in [3.8, 4) is 0 Å². The maximum absolute atomic E-state index is 9.13. The number of nitrogens with zero attached hydrogens (tertiary/aromatic N) is 3. The van der Waals surface area contributed by atoms with Crippen molar-refractivity contribution in [2.45, 2.75) is 115 Å². The van der Waals surface area contributed by atoms with Crippen molar-refractivity contribution >= 4 is 22.6 Å². The monoisotopic (exact) mass is 539 g/mol. The average Bonchev–Trinajstić information content (AvgIpc) is 3.06. The summed E-state index contributed by atoms with van der Waals surface area (Å²) in [6.07, 6.45) is 15.4. The fourth-order valence-electron chi connectivity index (χ4n) is 9.45. The van der Waals surface area contributed by atoms with Crippen LogP contribution in [0.25, 0.3) is 10.4 Å². The van der Waals surface area contributed by atoms with Crippen LogP contribution in [0.5, 0.6) is 0 Å². The zero-order chi connectivity index (χ0) is 22.4. The molecule has 0 amide bonds. The Kier molecular flexibility index (Phi) is 7.29. The standard InChI is InChI=1S/C27H46IN3/c1-17(2)7-6-8-18(3)21-11-12-22-20-10-9-19-15-24(28)25(30-31-29)16-27(19,5)23(20)13-14-26(21,22)4/h17-25H,6-16H2,1-5H3/t18-,19+,20+,21-,22+,23+,24+,25+,26-,27+/m1/s1. The van der Waals surface area contributed by atoms with Crippen molar-refractivity contribution in [2.75, 3.05) is 0 Å². The third-order valence-electron chi connectivity index (χ3n) is 11.0. The molecule has 176 valence electrons. The van der Waals surface area contributed by atoms with E-state index in [9.17, 15) is 0 Å². The van der Waals surface area contributed by atoms with Gasteiger partial charge in [0.1, 0.15) is 0 Å². The zero-order valence-electron chi connectivity index (χ0n) is 20.7. The van der Waals surface area contributed by atoms with E-state index in [1.807, 2.05) is 0 Å². The number of halogens is 1. The van der Waals surface area contributed by atoms with Crippen molar-refractivity contribution in [1.29, 1.82) is 0 Å². The van der Waals surface area contributed by atoms with Gasteiger partial charge in [0.2, 0.25) is 0 Å². The summed E-state index contributed by atoms with van der Waals surface area (Å²) in [5.41, 5.74) is 10.1. The van der Waals surface area contributed by atoms with Gasteiger partial charge in [-0.25, -0.2) is 0 Å². The molecule has 4 fully saturated rings. The Hall–Kier alpha value is 0.0400. The van der Waals surface area contributed by atoms with E-state index in [4.69, 9.17) is 5.53 Å². The molecule has 4 aliphatic carbocycles. The molecule has 0 aliphatic heterocycles. The van der Waals surface area contributed by atoms with Gasteiger partial charge < -0.3 is 0 Å². The number of hydrogen-bond acceptors (Lipinski definition) is 1. The Balaban J connectivity index is 1.49. The summed E-state index contributed by atoms with van der Waals surface area (Å²) < 4.78 is 0.527. The molecule has 0 saturated heterocycles. The predicted octanol–water partition coefficient (Wildman–Crippen LogP) is 9.20. The van der Waals surface area contributed by atoms with E-state index in [2.05, 4.69) is 67.2 Å². The minimum atomic E-state index is 0.205. The van der Waals surface area contributed by atoms with Crippen molar-refractivity contribution in [3.63, 3.8) is 0 Å². The van der Waals surface area contributed by atoms with Crippen molar-refractivity contribution < 1.29 is 0 Å². The van der Waals surface area contributed by atoms with Crippen LogP contribution in [0.4, 0.5) is 0 Å². The van der Waals surface area contributed by atoms with E-state index < -0.39 is 0 Å². The van der Waals surface area contributed by atoms with Crippen LogP contribution < -0.4 is 0 Å². The van der Waals surface area contributed by atoms with Gasteiger partial charge in [0.15, 0.2) is 0 Å². The van der Waals surface area contributed by atoms with Crippen molar-refractivity contribution in [3.05, 3.63) is 10.4 Å². The first-order chi connectivity index (χ1) is 14.7. The maximum Gasteiger partial charge on any atom is 0.0497 e.